The maximum Gasteiger partial charge on any atom is 0.236 e. The van der Waals surface area contributed by atoms with E-state index in [2.05, 4.69) is 239 Å². The lowest BCUT2D eigenvalue weighted by Gasteiger charge is -2.37. The Morgan fingerprint density at radius 3 is 0.515 bits per heavy atom. The highest BCUT2D eigenvalue weighted by molar-refractivity contribution is 6.93. The molecule has 0 saturated carbocycles. The molecule has 0 aliphatic heterocycles. The lowest BCUT2D eigenvalue weighted by molar-refractivity contribution is 0.0655. The Balaban J connectivity index is 2.50. The molecule has 11 heteroatoms. The van der Waals surface area contributed by atoms with Crippen molar-refractivity contribution in [1.29, 1.82) is 0 Å². The van der Waals surface area contributed by atoms with Gasteiger partial charge in [0.1, 0.15) is 44.8 Å². The second-order valence-corrected chi connectivity index (χ2v) is 39.2. The van der Waals surface area contributed by atoms with Gasteiger partial charge in [-0.05, 0) is 238 Å². The predicted molar refractivity (Wildman–Crippen MR) is 430 cm³/mol. The second-order valence-electron chi connectivity index (χ2n) is 34.1. The van der Waals surface area contributed by atoms with Crippen LogP contribution in [0.1, 0.15) is 372 Å². The molecule has 0 amide bonds. The lowest BCUT2D eigenvalue weighted by atomic mass is 10.00. The molecule has 4 aromatic carbocycles. The summed E-state index contributed by atoms with van der Waals surface area (Å²) in [4.78, 5) is 0. The van der Waals surface area contributed by atoms with Crippen LogP contribution in [0.5, 0.6) is 46.0 Å². The largest absolute Gasteiger partial charge is 0.484 e. The molecule has 0 radical (unpaired) electrons. The van der Waals surface area contributed by atoms with Crippen molar-refractivity contribution in [3.8, 4) is 46.0 Å². The number of rotatable bonds is 54. The molecule has 564 valence electrons. The molecular weight excluding hydrogens is 1260 g/mol. The average molecular weight is 1410 g/mol. The first kappa shape index (κ1) is 87.1. The van der Waals surface area contributed by atoms with Gasteiger partial charge in [-0.1, -0.05) is 207 Å². The van der Waals surface area contributed by atoms with Crippen LogP contribution in [0.3, 0.4) is 0 Å². The van der Waals surface area contributed by atoms with Gasteiger partial charge in [0.25, 0.3) is 0 Å². The molecule has 4 rings (SSSR count). The zero-order valence-electron chi connectivity index (χ0n) is 68.4. The Labute approximate surface area is 612 Å². The topological polar surface area (TPSA) is 83.1 Å². The van der Waals surface area contributed by atoms with E-state index >= 15 is 0 Å². The third kappa shape index (κ3) is 30.9. The normalized spacial score (nSPS) is 12.9. The standard InChI is InChI=1S/C88H150O9Si2/c1-25-33-41-61-81(9,10)89-69-53-49-57-73(77(69)93-85(17,18)65-45-37-29-5)98(74-58-50-54-70(90-82(11,12)62-42-34-26-2)78(74)94-86(19,20)66-46-38-30-6)97-99(75-59-51-55-71(91-83(13,14)63-43-35-27-3)79(75)95-87(21,22)67-47-39-31-7)76-60-52-56-72(92-84(15,16)64-44-36-28-4)80(76)96-88(23,24)68-48-40-32-8/h49-60,98-99H,25-48,61-68H2,1-24H3. The van der Waals surface area contributed by atoms with Gasteiger partial charge in [0.2, 0.25) is 18.1 Å². The number of ether oxygens (including phenoxy) is 8. The molecule has 0 atom stereocenters. The summed E-state index contributed by atoms with van der Waals surface area (Å²) in [7, 11) is -6.61. The van der Waals surface area contributed by atoms with E-state index in [1.54, 1.807) is 0 Å². The number of hydrogen-bond donors (Lipinski definition) is 0. The number of unbranched alkanes of at least 4 members (excludes halogenated alkanes) is 16. The Bertz CT molecular complexity index is 2520. The first-order valence-corrected chi connectivity index (χ1v) is 43.6. The first-order valence-electron chi connectivity index (χ1n) is 40.4. The van der Waals surface area contributed by atoms with Crippen LogP contribution < -0.4 is 58.6 Å². The van der Waals surface area contributed by atoms with Crippen LogP contribution >= 0.6 is 0 Å². The third-order valence-corrected chi connectivity index (χ3v) is 25.8. The minimum Gasteiger partial charge on any atom is -0.484 e. The zero-order valence-corrected chi connectivity index (χ0v) is 70.7. The van der Waals surface area contributed by atoms with Gasteiger partial charge >= 0.3 is 0 Å². The summed E-state index contributed by atoms with van der Waals surface area (Å²) in [6, 6.07) is 26.4. The summed E-state index contributed by atoms with van der Waals surface area (Å²) in [5, 5.41) is 3.91. The molecule has 0 aliphatic carbocycles. The minimum absolute atomic E-state index is 0.511. The smallest absolute Gasteiger partial charge is 0.236 e. The maximum absolute atomic E-state index is 9.00. The molecule has 0 N–H and O–H groups in total. The molecule has 0 aromatic heterocycles. The highest BCUT2D eigenvalue weighted by atomic mass is 28.4. The van der Waals surface area contributed by atoms with E-state index in [9.17, 15) is 0 Å². The zero-order chi connectivity index (χ0) is 73.6. The summed E-state index contributed by atoms with van der Waals surface area (Å²) in [5.74, 6) is 5.80. The van der Waals surface area contributed by atoms with Crippen LogP contribution in [0, 0.1) is 0 Å². The number of hydrogen-bond acceptors (Lipinski definition) is 9. The molecule has 0 fully saturated rings. The number of benzene rings is 4. The Kier molecular flexibility index (Phi) is 36.8. The van der Waals surface area contributed by atoms with Gasteiger partial charge in [-0.2, -0.15) is 0 Å². The molecule has 0 heterocycles. The molecule has 9 nitrogen and oxygen atoms in total. The van der Waals surface area contributed by atoms with Gasteiger partial charge in [-0.25, -0.2) is 0 Å². The van der Waals surface area contributed by atoms with Crippen molar-refractivity contribution in [3.05, 3.63) is 72.8 Å². The van der Waals surface area contributed by atoms with Crippen LogP contribution in [0.25, 0.3) is 0 Å². The summed E-state index contributed by atoms with van der Waals surface area (Å²) in [6.45, 7) is 54.2. The highest BCUT2D eigenvalue weighted by Crippen LogP contribution is 2.42. The van der Waals surface area contributed by atoms with E-state index in [1.807, 2.05) is 0 Å². The lowest BCUT2D eigenvalue weighted by Crippen LogP contribution is -2.58. The van der Waals surface area contributed by atoms with Crippen LogP contribution in [-0.2, 0) is 4.12 Å². The third-order valence-electron chi connectivity index (χ3n) is 19.6. The summed E-state index contributed by atoms with van der Waals surface area (Å²) in [5.41, 5.74) is -4.38. The molecule has 0 aliphatic rings. The second kappa shape index (κ2) is 41.8. The Morgan fingerprint density at radius 2 is 0.364 bits per heavy atom. The summed E-state index contributed by atoms with van der Waals surface area (Å²) >= 11 is 0. The van der Waals surface area contributed by atoms with E-state index in [0.717, 1.165) is 272 Å². The van der Waals surface area contributed by atoms with Crippen LogP contribution in [0.2, 0.25) is 0 Å². The quantitative estimate of drug-likeness (QED) is 0.0317. The van der Waals surface area contributed by atoms with E-state index in [-0.39, 0.29) is 0 Å². The fourth-order valence-electron chi connectivity index (χ4n) is 13.6. The van der Waals surface area contributed by atoms with Crippen molar-refractivity contribution >= 4 is 38.8 Å². The Hall–Kier alpha value is -4.33. The first-order chi connectivity index (χ1) is 46.7. The van der Waals surface area contributed by atoms with Crippen molar-refractivity contribution in [2.75, 3.05) is 0 Å². The van der Waals surface area contributed by atoms with E-state index in [4.69, 9.17) is 42.0 Å². The molecule has 4 aromatic rings. The number of para-hydroxylation sites is 4. The fourth-order valence-corrected chi connectivity index (χ4v) is 20.6. The predicted octanol–water partition coefficient (Wildman–Crippen LogP) is 24.0. The molecule has 99 heavy (non-hydrogen) atoms. The van der Waals surface area contributed by atoms with Crippen molar-refractivity contribution in [3.63, 3.8) is 0 Å². The van der Waals surface area contributed by atoms with Gasteiger partial charge in [0.15, 0.2) is 46.0 Å². The van der Waals surface area contributed by atoms with Crippen LogP contribution in [-0.4, -0.2) is 62.9 Å². The SMILES string of the molecule is CCCCCC(C)(C)Oc1cccc([SiH](O[SiH](c2cccc(OC(C)(C)CCCCC)c2OC(C)(C)CCCCC)c2cccc(OC(C)(C)CCCCC)c2OC(C)(C)CCCCC)c2cccc(OC(C)(C)CCCCC)c2OC(C)(C)CCCCC)c1OC(C)(C)CCCCC. The van der Waals surface area contributed by atoms with Crippen molar-refractivity contribution in [2.45, 2.75) is 416 Å². The molecule has 0 spiro atoms. The summed E-state index contributed by atoms with van der Waals surface area (Å²) < 4.78 is 70.3. The van der Waals surface area contributed by atoms with E-state index in [0.29, 0.717) is 0 Å². The highest BCUT2D eigenvalue weighted by Gasteiger charge is 2.42. The Morgan fingerprint density at radius 1 is 0.212 bits per heavy atom. The van der Waals surface area contributed by atoms with Crippen LogP contribution in [0.4, 0.5) is 0 Å². The van der Waals surface area contributed by atoms with Gasteiger partial charge < -0.3 is 42.0 Å². The van der Waals surface area contributed by atoms with Gasteiger partial charge in [-0.3, -0.25) is 0 Å². The molecule has 0 saturated heterocycles. The van der Waals surface area contributed by atoms with Crippen molar-refractivity contribution in [2.24, 2.45) is 0 Å². The van der Waals surface area contributed by atoms with Crippen molar-refractivity contribution in [1.82, 2.24) is 0 Å². The van der Waals surface area contributed by atoms with Gasteiger partial charge in [-0.15, -0.1) is 0 Å². The van der Waals surface area contributed by atoms with Gasteiger partial charge in [0.05, 0.1) is 0 Å². The fraction of sp³-hybridized carbons (Fsp3) is 0.727. The van der Waals surface area contributed by atoms with E-state index < -0.39 is 62.9 Å². The molecule has 0 bridgehead atoms. The van der Waals surface area contributed by atoms with Crippen LogP contribution in [0.15, 0.2) is 72.8 Å². The van der Waals surface area contributed by atoms with Gasteiger partial charge in [0, 0.05) is 20.7 Å². The van der Waals surface area contributed by atoms with Crippen molar-refractivity contribution < 1.29 is 42.0 Å². The summed E-state index contributed by atoms with van der Waals surface area (Å²) in [6.07, 6.45) is 33.4. The molecule has 0 unspecified atom stereocenters. The molecular formula is C88H150O9Si2. The van der Waals surface area contributed by atoms with E-state index in [1.165, 1.54) is 0 Å². The average Bonchev–Trinajstić information content (AvgIpc) is 0.757. The monoisotopic (exact) mass is 1410 g/mol. The maximum atomic E-state index is 9.00. The minimum atomic E-state index is -3.31.